The van der Waals surface area contributed by atoms with Crippen LogP contribution in [-0.4, -0.2) is 168 Å². The minimum atomic E-state index is -4.39. The van der Waals surface area contributed by atoms with Crippen molar-refractivity contribution in [2.75, 3.05) is 74.2 Å². The zero-order valence-electron chi connectivity index (χ0n) is 61.8. The second-order valence-electron chi connectivity index (χ2n) is 31.2. The number of thiazole rings is 1. The van der Waals surface area contributed by atoms with Gasteiger partial charge in [-0.15, -0.1) is 0 Å². The normalized spacial score (nSPS) is 22.2. The number of para-hydroxylation sites is 1. The van der Waals surface area contributed by atoms with E-state index in [0.29, 0.717) is 90.8 Å². The zero-order chi connectivity index (χ0) is 76.9. The molecule has 12 rings (SSSR count). The molecule has 0 saturated heterocycles. The quantitative estimate of drug-likeness (QED) is 0.0102. The van der Waals surface area contributed by atoms with Crippen LogP contribution in [0.4, 0.5) is 26.2 Å². The predicted octanol–water partition coefficient (Wildman–Crippen LogP) is 10.3. The number of benzene rings is 3. The van der Waals surface area contributed by atoms with Crippen molar-refractivity contribution in [3.8, 4) is 11.1 Å². The number of unbranched alkanes of at least 4 members (excludes halogenated alkanes) is 2. The van der Waals surface area contributed by atoms with E-state index in [-0.39, 0.29) is 135 Å². The van der Waals surface area contributed by atoms with Gasteiger partial charge >= 0.3 is 25.7 Å². The molecule has 8 amide bonds. The molecule has 6 aromatic rings. The van der Waals surface area contributed by atoms with E-state index in [4.69, 9.17) is 30.0 Å². The molecule has 3 aromatic heterocycles. The summed E-state index contributed by atoms with van der Waals surface area (Å²) in [6.45, 7) is 12.8. The highest BCUT2D eigenvalue weighted by atomic mass is 32.1. The third kappa shape index (κ3) is 17.4. The van der Waals surface area contributed by atoms with E-state index in [2.05, 4.69) is 40.1 Å². The molecule has 6 aliphatic rings. The number of nitrogens with one attached hydrogen (secondary N) is 4. The Labute approximate surface area is 630 Å². The summed E-state index contributed by atoms with van der Waals surface area (Å²) in [4.78, 5) is 150. The molecule has 4 saturated carbocycles. The molecule has 3 bridgehead atoms. The number of amides is 8. The van der Waals surface area contributed by atoms with Crippen LogP contribution in [0.25, 0.3) is 21.3 Å². The lowest BCUT2D eigenvalue weighted by atomic mass is 9.40. The summed E-state index contributed by atoms with van der Waals surface area (Å²) in [6.07, 6.45) is 11.6. The Morgan fingerprint density at radius 1 is 0.796 bits per heavy atom. The van der Waals surface area contributed by atoms with Gasteiger partial charge in [0.05, 0.1) is 48.0 Å². The topological polar surface area (TPSA) is 387 Å². The highest BCUT2D eigenvalue weighted by Gasteiger charge is 2.84. The van der Waals surface area contributed by atoms with Crippen molar-refractivity contribution in [3.05, 3.63) is 131 Å². The van der Waals surface area contributed by atoms with Crippen LogP contribution in [0, 0.1) is 40.4 Å². The van der Waals surface area contributed by atoms with Crippen molar-refractivity contribution >= 4 is 99.2 Å². The number of ketones is 1. The first-order chi connectivity index (χ1) is 51.5. The number of pyridine rings is 1. The summed E-state index contributed by atoms with van der Waals surface area (Å²) in [5.41, 5.74) is 11.0. The Hall–Kier alpha value is -9.25. The number of nitrogens with zero attached hydrogens (tertiary/aromatic N) is 7. The number of hydrogen-bond acceptors (Lipinski definition) is 18. The maximum Gasteiger partial charge on any atom is 0.410 e. The summed E-state index contributed by atoms with van der Waals surface area (Å²) in [5.74, 6) is -3.87. The molecule has 576 valence electrons. The molecule has 28 nitrogen and oxygen atoms in total. The second kappa shape index (κ2) is 32.5. The van der Waals surface area contributed by atoms with Gasteiger partial charge in [-0.1, -0.05) is 81.9 Å². The van der Waals surface area contributed by atoms with Gasteiger partial charge in [0.25, 0.3) is 17.7 Å². The van der Waals surface area contributed by atoms with Crippen molar-refractivity contribution in [2.24, 2.45) is 39.2 Å². The summed E-state index contributed by atoms with van der Waals surface area (Å²) >= 11 is 1.41. The molecule has 4 aliphatic carbocycles. The third-order valence-electron chi connectivity index (χ3n) is 23.2. The monoisotopic (exact) mass is 1520 g/mol. The molecular weight excluding hydrogens is 1420 g/mol. The summed E-state index contributed by atoms with van der Waals surface area (Å²) in [5, 5.41) is 27.4. The van der Waals surface area contributed by atoms with Crippen LogP contribution in [0.15, 0.2) is 97.2 Å². The maximum absolute atomic E-state index is 13.9. The Morgan fingerprint density at radius 3 is 2.31 bits per heavy atom. The van der Waals surface area contributed by atoms with E-state index in [1.165, 1.54) is 28.4 Å². The number of nitrogens with two attached hydrogens (primary N) is 1. The first-order valence-electron chi connectivity index (χ1n) is 37.2. The molecule has 30 heteroatoms. The number of primary amides is 1. The van der Waals surface area contributed by atoms with Gasteiger partial charge in [0.1, 0.15) is 24.2 Å². The second-order valence-corrected chi connectivity index (χ2v) is 34.0. The number of carboxylic acid groups (broad SMARTS) is 1. The van der Waals surface area contributed by atoms with Gasteiger partial charge in [-0.2, -0.15) is 5.10 Å². The number of carbonyl (C=O) groups is 9. The van der Waals surface area contributed by atoms with Gasteiger partial charge in [-0.3, -0.25) is 48.2 Å². The molecule has 1 spiro atoms. The standard InChI is InChI=1S/C78H97N12O16PS/c1-49(2)57(38-54(91)15-7-6-10-31-89-64(92)26-27-65(89)93)68(95)83-61(18-12-29-80-71(79)99)69(96)82-53-22-20-51(21-23-53)41-105-73(100)87(30-13-37-107(101,102)103)33-34-104-35-36-106-77-44-75(5)42-74(4)43-76(45-77,46-78(74,75)47-77)48-90-50(3)58(39-81-90)55-24-25-63(85-66(55)70(97)98)88-32-28-52-14-11-16-56(59(52)40-88)67(94)86-72-84-60-17-8-9-19-62(60)108-72/h8-9,11,14,16-17,19-27,39,49,57,61H,6-7,10,12-13,15,18,28-38,40-48H2,1-5H3,(H,82,96)(H,83,95)(H,97,98)(H3,79,80,99)(H,84,86,94)(H2,101,102,103)/t57-,61-,74?,75?,76?,77?,78?/m0/s1. The van der Waals surface area contributed by atoms with E-state index in [1.54, 1.807) is 36.5 Å². The molecule has 4 fully saturated rings. The minimum Gasteiger partial charge on any atom is -0.476 e. The Kier molecular flexibility index (Phi) is 23.6. The fourth-order valence-corrected chi connectivity index (χ4v) is 20.0. The van der Waals surface area contributed by atoms with Crippen LogP contribution in [-0.2, 0) is 68.9 Å². The number of carbonyl (C=O) groups excluding carboxylic acids is 8. The molecule has 2 aliphatic heterocycles. The number of rotatable bonds is 37. The van der Waals surface area contributed by atoms with Crippen molar-refractivity contribution in [3.63, 3.8) is 0 Å². The van der Waals surface area contributed by atoms with Gasteiger partial charge in [0.2, 0.25) is 11.8 Å². The van der Waals surface area contributed by atoms with Crippen LogP contribution >= 0.6 is 18.9 Å². The smallest absolute Gasteiger partial charge is 0.410 e. The van der Waals surface area contributed by atoms with Gasteiger partial charge in [-0.05, 0) is 171 Å². The lowest BCUT2D eigenvalue weighted by molar-refractivity contribution is -0.159. The van der Waals surface area contributed by atoms with Crippen LogP contribution in [0.2, 0.25) is 0 Å². The van der Waals surface area contributed by atoms with Crippen LogP contribution in [0.5, 0.6) is 0 Å². The summed E-state index contributed by atoms with van der Waals surface area (Å²) in [6, 6.07) is 21.7. The molecule has 3 aromatic carbocycles. The number of Topliss-reactive ketones (excluding diaryl/α,β-unsaturated/α-hetero) is 1. The predicted molar refractivity (Wildman–Crippen MR) is 404 cm³/mol. The highest BCUT2D eigenvalue weighted by molar-refractivity contribution is 7.51. The first kappa shape index (κ1) is 78.3. The molecule has 108 heavy (non-hydrogen) atoms. The molecule has 9 N–H and O–H groups in total. The number of aromatic nitrogens is 4. The number of urea groups is 1. The largest absolute Gasteiger partial charge is 0.476 e. The summed E-state index contributed by atoms with van der Waals surface area (Å²) < 4.78 is 33.8. The number of imide groups is 1. The van der Waals surface area contributed by atoms with Gasteiger partial charge < -0.3 is 60.6 Å². The number of carboxylic acids is 1. The van der Waals surface area contributed by atoms with E-state index in [0.717, 1.165) is 70.5 Å². The summed E-state index contributed by atoms with van der Waals surface area (Å²) in [7, 11) is -4.39. The van der Waals surface area contributed by atoms with Crippen LogP contribution < -0.4 is 31.9 Å². The lowest BCUT2D eigenvalue weighted by Gasteiger charge is -2.64. The van der Waals surface area contributed by atoms with Crippen molar-refractivity contribution in [1.82, 2.24) is 40.2 Å². The SMILES string of the molecule is Cc1c(-c2ccc(N3CCc4cccc(C(=O)Nc5nc6ccccc6s5)c4C3)nc2C(=O)O)cnn1CC12CC3(OCCOCCN(CCCP(=O)(O)O)C(=O)OCc4ccc(NC(=O)[C@H](CCCNC(N)=O)NC(=O)[C@@H](CC(=O)CCCCCN5C(=O)C=CC5=O)C(C)C)cc4)CC4(C)CC(C)(C1)C4(C2)C3. The highest BCUT2D eigenvalue weighted by Crippen LogP contribution is 2.90. The van der Waals surface area contributed by atoms with Gasteiger partial charge in [-0.25, -0.2) is 24.4 Å². The number of ether oxygens (including phenoxy) is 3. The average molecular weight is 1520 g/mol. The maximum atomic E-state index is 13.9. The number of hydrogen-bond donors (Lipinski definition) is 8. The molecule has 7 atom stereocenters. The van der Waals surface area contributed by atoms with E-state index < -0.39 is 61.2 Å². The van der Waals surface area contributed by atoms with Gasteiger partial charge in [0.15, 0.2) is 10.8 Å². The molecule has 5 unspecified atom stereocenters. The minimum absolute atomic E-state index is 0.00381. The van der Waals surface area contributed by atoms with Gasteiger partial charge in [0, 0.05) is 105 Å². The Balaban J connectivity index is 0.627. The van der Waals surface area contributed by atoms with Crippen molar-refractivity contribution in [1.29, 1.82) is 0 Å². The molecule has 0 radical (unpaired) electrons. The molecular formula is C78H97N12O16PS. The van der Waals surface area contributed by atoms with E-state index in [9.17, 15) is 62.6 Å². The van der Waals surface area contributed by atoms with Crippen LogP contribution in [0.1, 0.15) is 161 Å². The van der Waals surface area contributed by atoms with E-state index >= 15 is 0 Å². The number of fused-ring (bicyclic) bond motifs is 4. The van der Waals surface area contributed by atoms with E-state index in [1.807, 2.05) is 78.9 Å². The zero-order valence-corrected chi connectivity index (χ0v) is 63.5. The van der Waals surface area contributed by atoms with Crippen LogP contribution in [0.3, 0.4) is 0 Å². The fourth-order valence-electron chi connectivity index (χ4n) is 18.6. The fraction of sp³-hybridized carbons (Fsp3) is 0.513. The number of anilines is 3. The number of aromatic carboxylic acids is 1. The first-order valence-corrected chi connectivity index (χ1v) is 39.8. The third-order valence-corrected chi connectivity index (χ3v) is 25.0. The Morgan fingerprint density at radius 2 is 1.56 bits per heavy atom. The van der Waals surface area contributed by atoms with Crippen molar-refractivity contribution < 1.29 is 76.8 Å². The average Bonchev–Trinajstić information content (AvgIpc) is 1.46. The van der Waals surface area contributed by atoms with Crippen molar-refractivity contribution in [2.45, 2.75) is 162 Å². The Bertz CT molecular complexity index is 4470. The molecule has 5 heterocycles. The lowest BCUT2D eigenvalue weighted by Crippen LogP contribution is -2.57.